The summed E-state index contributed by atoms with van der Waals surface area (Å²) in [5, 5.41) is 3.92. The molecule has 1 fully saturated rings. The number of carbonyl (C=O) groups is 1. The van der Waals surface area contributed by atoms with Crippen molar-refractivity contribution >= 4 is 39.8 Å². The topological polar surface area (TPSA) is 44.7 Å². The van der Waals surface area contributed by atoms with Crippen LogP contribution < -0.4 is 10.2 Å². The van der Waals surface area contributed by atoms with Crippen LogP contribution in [0.4, 0.5) is 16.4 Å². The first-order valence-corrected chi connectivity index (χ1v) is 12.8. The number of thiophene rings is 1. The number of aliphatic imine (C=N–C) groups is 1. The van der Waals surface area contributed by atoms with Crippen molar-refractivity contribution in [2.24, 2.45) is 4.99 Å². The van der Waals surface area contributed by atoms with E-state index in [-0.39, 0.29) is 5.91 Å². The number of rotatable bonds is 5. The minimum Gasteiger partial charge on any atom is -0.371 e. The molecule has 1 aromatic heterocycles. The summed E-state index contributed by atoms with van der Waals surface area (Å²) in [7, 11) is 0. The molecule has 170 valence electrons. The van der Waals surface area contributed by atoms with Crippen LogP contribution in [0.3, 0.4) is 0 Å². The van der Waals surface area contributed by atoms with Gasteiger partial charge in [-0.3, -0.25) is 4.79 Å². The van der Waals surface area contributed by atoms with Crippen molar-refractivity contribution in [2.45, 2.75) is 52.4 Å². The number of amides is 1. The van der Waals surface area contributed by atoms with E-state index < -0.39 is 0 Å². The lowest BCUT2D eigenvalue weighted by Gasteiger charge is -2.20. The molecular formula is C28H31N3OS. The Hall–Kier alpha value is -2.92. The fraction of sp³-hybridized carbons (Fsp3) is 0.357. The second kappa shape index (κ2) is 9.52. The van der Waals surface area contributed by atoms with Crippen LogP contribution in [0.15, 0.2) is 47.5 Å². The molecule has 0 radical (unpaired) electrons. The molecule has 1 aliphatic heterocycles. The molecule has 2 aromatic carbocycles. The number of nitrogens with one attached hydrogen (secondary N) is 1. The van der Waals surface area contributed by atoms with Gasteiger partial charge in [0.05, 0.1) is 5.56 Å². The predicted molar refractivity (Wildman–Crippen MR) is 140 cm³/mol. The zero-order valence-electron chi connectivity index (χ0n) is 19.5. The van der Waals surface area contributed by atoms with Gasteiger partial charge >= 0.3 is 0 Å². The number of fused-ring (bicyclic) bond motifs is 1. The molecule has 0 atom stereocenters. The smallest absolute Gasteiger partial charge is 0.259 e. The van der Waals surface area contributed by atoms with E-state index in [2.05, 4.69) is 35.3 Å². The lowest BCUT2D eigenvalue weighted by atomic mass is 9.95. The van der Waals surface area contributed by atoms with Gasteiger partial charge in [0.1, 0.15) is 5.00 Å². The fourth-order valence-electron chi connectivity index (χ4n) is 4.91. The van der Waals surface area contributed by atoms with Crippen LogP contribution in [-0.2, 0) is 12.8 Å². The van der Waals surface area contributed by atoms with E-state index in [0.29, 0.717) is 0 Å². The number of hydrogen-bond donors (Lipinski definition) is 1. The second-order valence-electron chi connectivity index (χ2n) is 9.21. The fourth-order valence-corrected chi connectivity index (χ4v) is 6.14. The molecule has 33 heavy (non-hydrogen) atoms. The van der Waals surface area contributed by atoms with E-state index in [0.717, 1.165) is 54.2 Å². The number of hydrogen-bond acceptors (Lipinski definition) is 4. The van der Waals surface area contributed by atoms with Gasteiger partial charge in [0.15, 0.2) is 0 Å². The first-order chi connectivity index (χ1) is 16.1. The molecule has 5 heteroatoms. The van der Waals surface area contributed by atoms with Crippen molar-refractivity contribution < 1.29 is 4.79 Å². The van der Waals surface area contributed by atoms with Crippen molar-refractivity contribution in [3.8, 4) is 0 Å². The summed E-state index contributed by atoms with van der Waals surface area (Å²) >= 11 is 1.68. The predicted octanol–water partition coefficient (Wildman–Crippen LogP) is 6.85. The van der Waals surface area contributed by atoms with Gasteiger partial charge in [-0.05, 0) is 93.3 Å². The number of nitrogens with zero attached hydrogens (tertiary/aromatic N) is 2. The highest BCUT2D eigenvalue weighted by Gasteiger charge is 2.25. The maximum Gasteiger partial charge on any atom is 0.259 e. The number of anilines is 2. The maximum absolute atomic E-state index is 13.3. The SMILES string of the molecule is Cc1ccc(NC(=O)c2c(N=Cc3ccc(N4CCCC4)c(C)c3)sc3c2CCCC3)cc1. The number of carbonyl (C=O) groups excluding carboxylic acids is 1. The van der Waals surface area contributed by atoms with Gasteiger partial charge in [0, 0.05) is 35.6 Å². The van der Waals surface area contributed by atoms with Crippen molar-refractivity contribution in [1.29, 1.82) is 0 Å². The second-order valence-corrected chi connectivity index (χ2v) is 10.3. The Kier molecular flexibility index (Phi) is 6.32. The van der Waals surface area contributed by atoms with Gasteiger partial charge in [-0.15, -0.1) is 11.3 Å². The zero-order chi connectivity index (χ0) is 22.8. The molecule has 0 unspecified atom stereocenters. The van der Waals surface area contributed by atoms with Gasteiger partial charge in [-0.1, -0.05) is 23.8 Å². The monoisotopic (exact) mass is 457 g/mol. The van der Waals surface area contributed by atoms with Crippen molar-refractivity contribution in [2.75, 3.05) is 23.3 Å². The summed E-state index contributed by atoms with van der Waals surface area (Å²) in [6, 6.07) is 14.5. The standard InChI is InChI=1S/C28H31N3OS/c1-19-9-12-22(13-10-19)30-27(32)26-23-7-3-4-8-25(23)33-28(26)29-18-21-11-14-24(20(2)17-21)31-15-5-6-16-31/h9-14,17-18H,3-8,15-16H2,1-2H3,(H,30,32). The van der Waals surface area contributed by atoms with Crippen molar-refractivity contribution in [1.82, 2.24) is 0 Å². The third kappa shape index (κ3) is 4.74. The molecule has 5 rings (SSSR count). The Morgan fingerprint density at radius 1 is 1.00 bits per heavy atom. The van der Waals surface area contributed by atoms with Crippen LogP contribution in [0, 0.1) is 13.8 Å². The van der Waals surface area contributed by atoms with E-state index in [4.69, 9.17) is 4.99 Å². The highest BCUT2D eigenvalue weighted by molar-refractivity contribution is 7.16. The van der Waals surface area contributed by atoms with Crippen LogP contribution in [0.2, 0.25) is 0 Å². The Labute approximate surface area is 200 Å². The minimum absolute atomic E-state index is 0.0500. The van der Waals surface area contributed by atoms with Gasteiger partial charge in [-0.25, -0.2) is 4.99 Å². The summed E-state index contributed by atoms with van der Waals surface area (Å²) < 4.78 is 0. The molecule has 0 saturated carbocycles. The van der Waals surface area contributed by atoms with Crippen LogP contribution >= 0.6 is 11.3 Å². The maximum atomic E-state index is 13.3. The Morgan fingerprint density at radius 2 is 1.76 bits per heavy atom. The largest absolute Gasteiger partial charge is 0.371 e. The van der Waals surface area contributed by atoms with Gasteiger partial charge in [0.2, 0.25) is 0 Å². The molecule has 0 spiro atoms. The molecule has 2 aliphatic rings. The zero-order valence-corrected chi connectivity index (χ0v) is 20.3. The molecule has 1 N–H and O–H groups in total. The lowest BCUT2D eigenvalue weighted by molar-refractivity contribution is 0.102. The first-order valence-electron chi connectivity index (χ1n) is 12.0. The Morgan fingerprint density at radius 3 is 2.52 bits per heavy atom. The first kappa shape index (κ1) is 21.9. The van der Waals surface area contributed by atoms with Crippen molar-refractivity contribution in [3.63, 3.8) is 0 Å². The molecule has 1 saturated heterocycles. The quantitative estimate of drug-likeness (QED) is 0.426. The molecule has 4 nitrogen and oxygen atoms in total. The van der Waals surface area contributed by atoms with Crippen LogP contribution in [0.5, 0.6) is 0 Å². The van der Waals surface area contributed by atoms with E-state index in [1.54, 1.807) is 11.3 Å². The lowest BCUT2D eigenvalue weighted by Crippen LogP contribution is -2.18. The third-order valence-electron chi connectivity index (χ3n) is 6.69. The molecule has 1 amide bonds. The Bertz CT molecular complexity index is 1190. The normalized spacial score (nSPS) is 15.8. The van der Waals surface area contributed by atoms with Gasteiger partial charge < -0.3 is 10.2 Å². The highest BCUT2D eigenvalue weighted by Crippen LogP contribution is 2.40. The van der Waals surface area contributed by atoms with E-state index in [1.165, 1.54) is 46.5 Å². The van der Waals surface area contributed by atoms with Gasteiger partial charge in [0.25, 0.3) is 5.91 Å². The molecule has 3 aromatic rings. The third-order valence-corrected chi connectivity index (χ3v) is 7.89. The van der Waals surface area contributed by atoms with Gasteiger partial charge in [-0.2, -0.15) is 0 Å². The summed E-state index contributed by atoms with van der Waals surface area (Å²) in [5.74, 6) is -0.0500. The van der Waals surface area contributed by atoms with Crippen LogP contribution in [-0.4, -0.2) is 25.2 Å². The number of benzene rings is 2. The Balaban J connectivity index is 1.42. The molecule has 2 heterocycles. The average molecular weight is 458 g/mol. The average Bonchev–Trinajstić information content (AvgIpc) is 3.47. The van der Waals surface area contributed by atoms with Crippen LogP contribution in [0.25, 0.3) is 0 Å². The molecule has 0 bridgehead atoms. The highest BCUT2D eigenvalue weighted by atomic mass is 32.1. The van der Waals surface area contributed by atoms with Crippen LogP contribution in [0.1, 0.15) is 63.2 Å². The summed E-state index contributed by atoms with van der Waals surface area (Å²) in [5.41, 5.74) is 7.65. The number of aryl methyl sites for hydroxylation is 3. The van der Waals surface area contributed by atoms with E-state index >= 15 is 0 Å². The summed E-state index contributed by atoms with van der Waals surface area (Å²) in [4.78, 5) is 22.0. The summed E-state index contributed by atoms with van der Waals surface area (Å²) in [6.45, 7) is 6.52. The molecular weight excluding hydrogens is 426 g/mol. The van der Waals surface area contributed by atoms with E-state index in [9.17, 15) is 4.79 Å². The minimum atomic E-state index is -0.0500. The van der Waals surface area contributed by atoms with Crippen molar-refractivity contribution in [3.05, 3.63) is 75.2 Å². The summed E-state index contributed by atoms with van der Waals surface area (Å²) in [6.07, 6.45) is 8.80. The molecule has 1 aliphatic carbocycles. The van der Waals surface area contributed by atoms with E-state index in [1.807, 2.05) is 37.4 Å².